The SMILES string of the molecule is NCC1(C(=O)Nc2ccc(Br)cc2[N+](=O)[O-])CCCCC1. The molecule has 0 unspecified atom stereocenters. The Kier molecular flexibility index (Phi) is 4.95. The molecular formula is C14H18BrN3O3. The average molecular weight is 356 g/mol. The molecule has 0 atom stereocenters. The first-order valence-electron chi connectivity index (χ1n) is 6.94. The summed E-state index contributed by atoms with van der Waals surface area (Å²) in [5, 5.41) is 13.8. The molecule has 0 aliphatic heterocycles. The smallest absolute Gasteiger partial charge is 0.293 e. The molecule has 0 spiro atoms. The summed E-state index contributed by atoms with van der Waals surface area (Å²) in [4.78, 5) is 23.1. The van der Waals surface area contributed by atoms with Crippen LogP contribution in [0.4, 0.5) is 11.4 Å². The Hall–Kier alpha value is -1.47. The number of hydrogen-bond acceptors (Lipinski definition) is 4. The van der Waals surface area contributed by atoms with Gasteiger partial charge in [0.25, 0.3) is 5.69 Å². The molecule has 1 saturated carbocycles. The highest BCUT2D eigenvalue weighted by atomic mass is 79.9. The van der Waals surface area contributed by atoms with Crippen molar-refractivity contribution in [3.05, 3.63) is 32.8 Å². The van der Waals surface area contributed by atoms with Crippen LogP contribution >= 0.6 is 15.9 Å². The lowest BCUT2D eigenvalue weighted by Gasteiger charge is -2.34. The van der Waals surface area contributed by atoms with E-state index >= 15 is 0 Å². The molecule has 7 heteroatoms. The molecule has 0 radical (unpaired) electrons. The van der Waals surface area contributed by atoms with Crippen molar-refractivity contribution in [2.75, 3.05) is 11.9 Å². The van der Waals surface area contributed by atoms with Crippen LogP contribution < -0.4 is 11.1 Å². The lowest BCUT2D eigenvalue weighted by Crippen LogP contribution is -2.43. The summed E-state index contributed by atoms with van der Waals surface area (Å²) < 4.78 is 0.596. The van der Waals surface area contributed by atoms with Gasteiger partial charge in [-0.2, -0.15) is 0 Å². The van der Waals surface area contributed by atoms with Crippen molar-refractivity contribution in [1.82, 2.24) is 0 Å². The van der Waals surface area contributed by atoms with E-state index < -0.39 is 10.3 Å². The average Bonchev–Trinajstić information content (AvgIpc) is 2.49. The molecule has 1 amide bonds. The van der Waals surface area contributed by atoms with Crippen molar-refractivity contribution in [3.8, 4) is 0 Å². The molecule has 1 aliphatic carbocycles. The van der Waals surface area contributed by atoms with Gasteiger partial charge in [-0.25, -0.2) is 0 Å². The third-order valence-electron chi connectivity index (χ3n) is 4.09. The van der Waals surface area contributed by atoms with E-state index in [1.807, 2.05) is 0 Å². The second-order valence-electron chi connectivity index (χ2n) is 5.42. The summed E-state index contributed by atoms with van der Waals surface area (Å²) in [5.41, 5.74) is 5.30. The van der Waals surface area contributed by atoms with E-state index in [1.54, 1.807) is 6.07 Å². The fourth-order valence-electron chi connectivity index (χ4n) is 2.77. The third-order valence-corrected chi connectivity index (χ3v) is 4.58. The highest BCUT2D eigenvalue weighted by molar-refractivity contribution is 9.10. The predicted octanol–water partition coefficient (Wildman–Crippen LogP) is 3.21. The number of amides is 1. The number of nitrogens with zero attached hydrogens (tertiary/aromatic N) is 1. The normalized spacial score (nSPS) is 17.2. The lowest BCUT2D eigenvalue weighted by atomic mass is 9.73. The van der Waals surface area contributed by atoms with Crippen LogP contribution in [0.5, 0.6) is 0 Å². The number of benzene rings is 1. The Morgan fingerprint density at radius 2 is 2.05 bits per heavy atom. The second-order valence-corrected chi connectivity index (χ2v) is 6.33. The maximum absolute atomic E-state index is 12.6. The van der Waals surface area contributed by atoms with Crippen molar-refractivity contribution in [2.45, 2.75) is 32.1 Å². The van der Waals surface area contributed by atoms with Crippen molar-refractivity contribution in [3.63, 3.8) is 0 Å². The molecule has 0 heterocycles. The number of carbonyl (C=O) groups is 1. The molecule has 1 fully saturated rings. The summed E-state index contributed by atoms with van der Waals surface area (Å²) in [5.74, 6) is -0.213. The van der Waals surface area contributed by atoms with E-state index in [1.165, 1.54) is 12.1 Å². The van der Waals surface area contributed by atoms with Crippen molar-refractivity contribution in [1.29, 1.82) is 0 Å². The molecule has 0 saturated heterocycles. The first-order chi connectivity index (χ1) is 9.98. The topological polar surface area (TPSA) is 98.3 Å². The highest BCUT2D eigenvalue weighted by Crippen LogP contribution is 2.37. The number of nitrogens with one attached hydrogen (secondary N) is 1. The molecule has 1 aliphatic rings. The zero-order valence-electron chi connectivity index (χ0n) is 11.6. The standard InChI is InChI=1S/C14H18BrN3O3/c15-10-4-5-11(12(8-10)18(20)21)17-13(19)14(9-16)6-2-1-3-7-14/h4-5,8H,1-3,6-7,9,16H2,(H,17,19). The monoisotopic (exact) mass is 355 g/mol. The van der Waals surface area contributed by atoms with Gasteiger partial charge < -0.3 is 11.1 Å². The van der Waals surface area contributed by atoms with E-state index in [9.17, 15) is 14.9 Å². The largest absolute Gasteiger partial charge is 0.329 e. The first kappa shape index (κ1) is 15.9. The number of hydrogen-bond donors (Lipinski definition) is 2. The minimum absolute atomic E-state index is 0.124. The number of anilines is 1. The molecule has 21 heavy (non-hydrogen) atoms. The minimum atomic E-state index is -0.598. The molecule has 1 aromatic rings. The lowest BCUT2D eigenvalue weighted by molar-refractivity contribution is -0.384. The molecule has 1 aromatic carbocycles. The zero-order valence-corrected chi connectivity index (χ0v) is 13.2. The Morgan fingerprint density at radius 1 is 1.38 bits per heavy atom. The number of halogens is 1. The van der Waals surface area contributed by atoms with E-state index in [0.29, 0.717) is 4.47 Å². The summed E-state index contributed by atoms with van der Waals surface area (Å²) >= 11 is 3.19. The number of nitro benzene ring substituents is 1. The van der Waals surface area contributed by atoms with Crippen LogP contribution in [0.25, 0.3) is 0 Å². The van der Waals surface area contributed by atoms with Gasteiger partial charge in [0.05, 0.1) is 10.3 Å². The molecular weight excluding hydrogens is 338 g/mol. The Balaban J connectivity index is 2.24. The van der Waals surface area contributed by atoms with Gasteiger partial charge in [0.1, 0.15) is 5.69 Å². The number of nitro groups is 1. The quantitative estimate of drug-likeness (QED) is 0.639. The number of nitrogens with two attached hydrogens (primary N) is 1. The fourth-order valence-corrected chi connectivity index (χ4v) is 3.12. The van der Waals surface area contributed by atoms with E-state index in [0.717, 1.165) is 32.1 Å². The summed E-state index contributed by atoms with van der Waals surface area (Å²) in [6, 6.07) is 4.58. The maximum atomic E-state index is 12.6. The minimum Gasteiger partial charge on any atom is -0.329 e. The van der Waals surface area contributed by atoms with Gasteiger partial charge in [-0.1, -0.05) is 35.2 Å². The third kappa shape index (κ3) is 3.41. The van der Waals surface area contributed by atoms with Crippen LogP contribution in [-0.2, 0) is 4.79 Å². The molecule has 0 aromatic heterocycles. The first-order valence-corrected chi connectivity index (χ1v) is 7.73. The molecule has 114 valence electrons. The Morgan fingerprint density at radius 3 is 2.62 bits per heavy atom. The summed E-state index contributed by atoms with van der Waals surface area (Å²) in [6.07, 6.45) is 4.51. The Bertz CT molecular complexity index is 556. The van der Waals surface area contributed by atoms with E-state index in [4.69, 9.17) is 5.73 Å². The van der Waals surface area contributed by atoms with Gasteiger partial charge in [0.2, 0.25) is 5.91 Å². The summed E-state index contributed by atoms with van der Waals surface area (Å²) in [7, 11) is 0. The van der Waals surface area contributed by atoms with Gasteiger partial charge in [-0.3, -0.25) is 14.9 Å². The van der Waals surface area contributed by atoms with E-state index in [2.05, 4.69) is 21.2 Å². The summed E-state index contributed by atoms with van der Waals surface area (Å²) in [6.45, 7) is 0.267. The maximum Gasteiger partial charge on any atom is 0.293 e. The second kappa shape index (κ2) is 6.53. The van der Waals surface area contributed by atoms with Crippen LogP contribution in [0.1, 0.15) is 32.1 Å². The van der Waals surface area contributed by atoms with Crippen LogP contribution in [0, 0.1) is 15.5 Å². The highest BCUT2D eigenvalue weighted by Gasteiger charge is 2.38. The number of carbonyl (C=O) groups excluding carboxylic acids is 1. The van der Waals surface area contributed by atoms with Crippen molar-refractivity contribution < 1.29 is 9.72 Å². The fraction of sp³-hybridized carbons (Fsp3) is 0.500. The predicted molar refractivity (Wildman–Crippen MR) is 84.0 cm³/mol. The Labute approximate surface area is 131 Å². The molecule has 0 bridgehead atoms. The van der Waals surface area contributed by atoms with Crippen LogP contribution in [0.3, 0.4) is 0 Å². The zero-order chi connectivity index (χ0) is 15.5. The van der Waals surface area contributed by atoms with Gasteiger partial charge in [-0.05, 0) is 25.0 Å². The molecule has 2 rings (SSSR count). The van der Waals surface area contributed by atoms with Crippen LogP contribution in [0.15, 0.2) is 22.7 Å². The van der Waals surface area contributed by atoms with Crippen molar-refractivity contribution >= 4 is 33.2 Å². The van der Waals surface area contributed by atoms with Gasteiger partial charge in [0.15, 0.2) is 0 Å². The molecule has 6 nitrogen and oxygen atoms in total. The van der Waals surface area contributed by atoms with Gasteiger partial charge in [-0.15, -0.1) is 0 Å². The van der Waals surface area contributed by atoms with Gasteiger partial charge in [0, 0.05) is 17.1 Å². The van der Waals surface area contributed by atoms with Crippen LogP contribution in [0.2, 0.25) is 0 Å². The van der Waals surface area contributed by atoms with E-state index in [-0.39, 0.29) is 23.8 Å². The van der Waals surface area contributed by atoms with Crippen molar-refractivity contribution in [2.24, 2.45) is 11.1 Å². The van der Waals surface area contributed by atoms with Gasteiger partial charge >= 0.3 is 0 Å². The molecule has 3 N–H and O–H groups in total. The number of rotatable bonds is 4. The van der Waals surface area contributed by atoms with Crippen LogP contribution in [-0.4, -0.2) is 17.4 Å².